The number of aliphatic hydroxyl groups excluding tert-OH is 1. The number of hydrogen-bond acceptors (Lipinski definition) is 5. The van der Waals surface area contributed by atoms with Crippen molar-refractivity contribution in [2.24, 2.45) is 13.0 Å². The van der Waals surface area contributed by atoms with Gasteiger partial charge in [-0.15, -0.1) is 0 Å². The highest BCUT2D eigenvalue weighted by Gasteiger charge is 2.34. The lowest BCUT2D eigenvalue weighted by molar-refractivity contribution is -0.0146. The molecule has 0 aliphatic carbocycles. The molecule has 0 spiro atoms. The number of aliphatic hydroxyl groups is 1. The number of ether oxygens (including phenoxy) is 1. The van der Waals surface area contributed by atoms with Crippen molar-refractivity contribution in [2.45, 2.75) is 32.6 Å². The van der Waals surface area contributed by atoms with Gasteiger partial charge < -0.3 is 19.3 Å². The normalized spacial score (nSPS) is 20.2. The summed E-state index contributed by atoms with van der Waals surface area (Å²) in [4.78, 5) is 15.9. The molecule has 0 radical (unpaired) electrons. The first-order valence-electron chi connectivity index (χ1n) is 12.1. The zero-order valence-corrected chi connectivity index (χ0v) is 22.3. The van der Waals surface area contributed by atoms with E-state index in [-0.39, 0.29) is 31.6 Å². The Hall–Kier alpha value is -2.72. The minimum atomic E-state index is -3.41. The zero-order chi connectivity index (χ0) is 26.2. The summed E-state index contributed by atoms with van der Waals surface area (Å²) in [5.74, 6) is -0.375. The number of para-hydroxylation sites is 1. The van der Waals surface area contributed by atoms with Gasteiger partial charge in [0.1, 0.15) is 5.69 Å². The van der Waals surface area contributed by atoms with Gasteiger partial charge in [0.25, 0.3) is 5.91 Å². The highest BCUT2D eigenvalue weighted by atomic mass is 32.2. The first kappa shape index (κ1) is 26.3. The van der Waals surface area contributed by atoms with Crippen molar-refractivity contribution in [3.8, 4) is 11.1 Å². The monoisotopic (exact) mass is 513 g/mol. The SMILES string of the molecule is C[C@@H]1CN([C@@H](C)CO)C(=O)c2c(c3ccccc3n2C)-c2ccccc2CO[C@@H]1CN(C)S(C)(=O)=O. The minimum Gasteiger partial charge on any atom is -0.394 e. The Morgan fingerprint density at radius 3 is 2.53 bits per heavy atom. The van der Waals surface area contributed by atoms with E-state index in [1.807, 2.05) is 74.0 Å². The lowest BCUT2D eigenvalue weighted by atomic mass is 9.96. The molecular formula is C27H35N3O5S. The number of aryl methyl sites for hydroxylation is 1. The Morgan fingerprint density at radius 2 is 1.83 bits per heavy atom. The van der Waals surface area contributed by atoms with Crippen molar-refractivity contribution in [3.05, 3.63) is 59.8 Å². The molecule has 3 aromatic rings. The minimum absolute atomic E-state index is 0.160. The van der Waals surface area contributed by atoms with Crippen LogP contribution in [0.4, 0.5) is 0 Å². The fraction of sp³-hybridized carbons (Fsp3) is 0.444. The Bertz CT molecular complexity index is 1370. The molecule has 1 N–H and O–H groups in total. The summed E-state index contributed by atoms with van der Waals surface area (Å²) in [5.41, 5.74) is 4.17. The molecule has 0 saturated heterocycles. The molecule has 3 atom stereocenters. The van der Waals surface area contributed by atoms with E-state index in [1.54, 1.807) is 4.90 Å². The molecular weight excluding hydrogens is 478 g/mol. The lowest BCUT2D eigenvalue weighted by Crippen LogP contribution is -2.47. The molecule has 0 bridgehead atoms. The van der Waals surface area contributed by atoms with Gasteiger partial charge in [-0.2, -0.15) is 0 Å². The largest absolute Gasteiger partial charge is 0.394 e. The van der Waals surface area contributed by atoms with Crippen LogP contribution >= 0.6 is 0 Å². The van der Waals surface area contributed by atoms with Gasteiger partial charge in [0.2, 0.25) is 10.0 Å². The highest BCUT2D eigenvalue weighted by Crippen LogP contribution is 2.38. The van der Waals surface area contributed by atoms with Gasteiger partial charge in [-0.25, -0.2) is 12.7 Å². The number of nitrogens with zero attached hydrogens (tertiary/aromatic N) is 3. The van der Waals surface area contributed by atoms with Crippen molar-refractivity contribution < 1.29 is 23.1 Å². The Kier molecular flexibility index (Phi) is 7.56. The molecule has 194 valence electrons. The lowest BCUT2D eigenvalue weighted by Gasteiger charge is -2.34. The third kappa shape index (κ3) is 4.93. The summed E-state index contributed by atoms with van der Waals surface area (Å²) in [6, 6.07) is 15.4. The number of carbonyl (C=O) groups is 1. The number of amides is 1. The summed E-state index contributed by atoms with van der Waals surface area (Å²) in [6.45, 7) is 4.32. The van der Waals surface area contributed by atoms with Gasteiger partial charge in [-0.3, -0.25) is 4.79 Å². The summed E-state index contributed by atoms with van der Waals surface area (Å²) in [5, 5.41) is 11.0. The topological polar surface area (TPSA) is 92.1 Å². The van der Waals surface area contributed by atoms with E-state index in [9.17, 15) is 18.3 Å². The smallest absolute Gasteiger partial charge is 0.271 e. The van der Waals surface area contributed by atoms with Crippen LogP contribution < -0.4 is 0 Å². The molecule has 0 fully saturated rings. The first-order chi connectivity index (χ1) is 17.0. The molecule has 1 aromatic heterocycles. The van der Waals surface area contributed by atoms with Gasteiger partial charge in [-0.05, 0) is 24.1 Å². The van der Waals surface area contributed by atoms with Gasteiger partial charge in [0.05, 0.1) is 31.6 Å². The van der Waals surface area contributed by atoms with Crippen LogP contribution in [0.15, 0.2) is 48.5 Å². The predicted molar refractivity (Wildman–Crippen MR) is 141 cm³/mol. The van der Waals surface area contributed by atoms with Crippen molar-refractivity contribution >= 4 is 26.8 Å². The fourth-order valence-corrected chi connectivity index (χ4v) is 5.33. The fourth-order valence-electron chi connectivity index (χ4n) is 4.91. The molecule has 1 amide bonds. The number of hydrogen-bond donors (Lipinski definition) is 1. The van der Waals surface area contributed by atoms with Crippen molar-refractivity contribution in [1.29, 1.82) is 0 Å². The third-order valence-corrected chi connectivity index (χ3v) is 8.51. The van der Waals surface area contributed by atoms with Gasteiger partial charge in [0, 0.05) is 49.6 Å². The predicted octanol–water partition coefficient (Wildman–Crippen LogP) is 3.09. The maximum absolute atomic E-state index is 14.2. The van der Waals surface area contributed by atoms with Crippen LogP contribution in [0.5, 0.6) is 0 Å². The van der Waals surface area contributed by atoms with Gasteiger partial charge in [0.15, 0.2) is 0 Å². The van der Waals surface area contributed by atoms with Gasteiger partial charge in [-0.1, -0.05) is 49.4 Å². The van der Waals surface area contributed by atoms with Crippen LogP contribution in [0.2, 0.25) is 0 Å². The average Bonchev–Trinajstić information content (AvgIpc) is 3.14. The van der Waals surface area contributed by atoms with Crippen LogP contribution in [0, 0.1) is 5.92 Å². The molecule has 2 aromatic carbocycles. The average molecular weight is 514 g/mol. The summed E-state index contributed by atoms with van der Waals surface area (Å²) < 4.78 is 33.9. The summed E-state index contributed by atoms with van der Waals surface area (Å²) in [7, 11) is 0.0180. The van der Waals surface area contributed by atoms with E-state index < -0.39 is 22.2 Å². The number of aromatic nitrogens is 1. The molecule has 1 aliphatic rings. The maximum atomic E-state index is 14.2. The summed E-state index contributed by atoms with van der Waals surface area (Å²) in [6.07, 6.45) is 0.709. The number of likely N-dealkylation sites (N-methyl/N-ethyl adjacent to an activating group) is 1. The molecule has 2 heterocycles. The highest BCUT2D eigenvalue weighted by molar-refractivity contribution is 7.88. The van der Waals surface area contributed by atoms with E-state index in [1.165, 1.54) is 17.6 Å². The second-order valence-electron chi connectivity index (χ2n) is 9.82. The van der Waals surface area contributed by atoms with E-state index >= 15 is 0 Å². The second-order valence-corrected chi connectivity index (χ2v) is 11.9. The molecule has 0 saturated carbocycles. The Labute approximate surface area is 213 Å². The van der Waals surface area contributed by atoms with Crippen LogP contribution in [-0.4, -0.2) is 78.3 Å². The maximum Gasteiger partial charge on any atom is 0.271 e. The number of fused-ring (bicyclic) bond motifs is 5. The van der Waals surface area contributed by atoms with E-state index in [4.69, 9.17) is 4.74 Å². The Balaban J connectivity index is 1.93. The number of sulfonamides is 1. The van der Waals surface area contributed by atoms with Crippen LogP contribution in [0.1, 0.15) is 29.9 Å². The standard InChI is InChI=1S/C27H35N3O5S/c1-18-14-30(19(2)16-31)27(32)26-25(22-12-8-9-13-23(22)29(26)4)21-11-7-6-10-20(21)17-35-24(18)15-28(3)36(5,33)34/h6-13,18-19,24,31H,14-17H2,1-5H3/t18-,19+,24-/m1/s1. The molecule has 1 aliphatic heterocycles. The van der Waals surface area contributed by atoms with E-state index in [0.717, 1.165) is 27.6 Å². The van der Waals surface area contributed by atoms with E-state index in [0.29, 0.717) is 12.2 Å². The quantitative estimate of drug-likeness (QED) is 0.566. The number of rotatable bonds is 5. The third-order valence-electron chi connectivity index (χ3n) is 7.23. The van der Waals surface area contributed by atoms with Crippen LogP contribution in [0.3, 0.4) is 0 Å². The first-order valence-corrected chi connectivity index (χ1v) is 14.0. The van der Waals surface area contributed by atoms with Gasteiger partial charge >= 0.3 is 0 Å². The van der Waals surface area contributed by atoms with Crippen molar-refractivity contribution in [2.75, 3.05) is 33.0 Å². The Morgan fingerprint density at radius 1 is 1.17 bits per heavy atom. The van der Waals surface area contributed by atoms with Crippen LogP contribution in [-0.2, 0) is 28.4 Å². The van der Waals surface area contributed by atoms with Crippen molar-refractivity contribution in [1.82, 2.24) is 13.8 Å². The molecule has 8 nitrogen and oxygen atoms in total. The number of carbonyl (C=O) groups excluding carboxylic acids is 1. The van der Waals surface area contributed by atoms with Crippen LogP contribution in [0.25, 0.3) is 22.0 Å². The summed E-state index contributed by atoms with van der Waals surface area (Å²) >= 11 is 0. The molecule has 9 heteroatoms. The molecule has 36 heavy (non-hydrogen) atoms. The molecule has 0 unspecified atom stereocenters. The number of benzene rings is 2. The second kappa shape index (κ2) is 10.3. The zero-order valence-electron chi connectivity index (χ0n) is 21.5. The van der Waals surface area contributed by atoms with E-state index in [2.05, 4.69) is 0 Å². The molecule has 4 rings (SSSR count). The van der Waals surface area contributed by atoms with Crippen molar-refractivity contribution in [3.63, 3.8) is 0 Å².